The molecule has 1 saturated heterocycles. The Morgan fingerprint density at radius 3 is 2.49 bits per heavy atom. The molecule has 0 bridgehead atoms. The Bertz CT molecular complexity index is 1570. The van der Waals surface area contributed by atoms with Gasteiger partial charge in [0.25, 0.3) is 0 Å². The molecule has 1 amide bonds. The predicted molar refractivity (Wildman–Crippen MR) is 212 cm³/mol. The molecular weight excluding hydrogens is 714 g/mol. The largest absolute Gasteiger partial charge is 0.491 e. The Hall–Kier alpha value is -2.70. The summed E-state index contributed by atoms with van der Waals surface area (Å²) in [4.78, 5) is 25.6. The number of aliphatic hydroxyl groups excluding tert-OH is 1. The molecule has 6 rings (SSSR count). The first-order valence-electron chi connectivity index (χ1n) is 19.7. The van der Waals surface area contributed by atoms with Crippen molar-refractivity contribution in [1.82, 2.24) is 9.62 Å². The molecule has 0 radical (unpaired) electrons. The van der Waals surface area contributed by atoms with E-state index in [0.717, 1.165) is 73.3 Å². The molecular formula is C41H62ClN3O7S. The number of hydrogen-bond acceptors (Lipinski definition) is 9. The van der Waals surface area contributed by atoms with Crippen LogP contribution in [0.5, 0.6) is 5.75 Å². The Morgan fingerprint density at radius 1 is 1.08 bits per heavy atom. The van der Waals surface area contributed by atoms with Crippen molar-refractivity contribution in [1.29, 1.82) is 0 Å². The summed E-state index contributed by atoms with van der Waals surface area (Å²) < 4.78 is 36.0. The highest BCUT2D eigenvalue weighted by Gasteiger charge is 2.41. The summed E-state index contributed by atoms with van der Waals surface area (Å²) in [6.45, 7) is 10.6. The Balaban J connectivity index is 0.000000493. The molecule has 3 fully saturated rings. The van der Waals surface area contributed by atoms with Crippen molar-refractivity contribution in [2.45, 2.75) is 108 Å². The van der Waals surface area contributed by atoms with E-state index >= 15 is 0 Å². The second-order valence-corrected chi connectivity index (χ2v) is 17.5. The molecule has 0 aromatic heterocycles. The molecule has 12 heteroatoms. The van der Waals surface area contributed by atoms with E-state index in [9.17, 15) is 23.1 Å². The number of aliphatic hydroxyl groups is 1. The lowest BCUT2D eigenvalue weighted by molar-refractivity contribution is -0.109. The van der Waals surface area contributed by atoms with Crippen molar-refractivity contribution in [3.05, 3.63) is 58.1 Å². The van der Waals surface area contributed by atoms with E-state index in [-0.39, 0.29) is 24.0 Å². The van der Waals surface area contributed by atoms with Crippen molar-refractivity contribution >= 4 is 40.0 Å². The summed E-state index contributed by atoms with van der Waals surface area (Å²) in [5, 5.41) is 11.1. The zero-order chi connectivity index (χ0) is 38.5. The standard InChI is InChI=1S/C35H49ClN2O4.C4H7NO3S.C2H6/c1-4-5-25-19-29(36)8-10-30(25)28-22-38(32-20-26(33(40)13-16-39)7-11-34(32)42-23-28)21-27-6-9-31(27)35-18-24(14-17-41-35)12-15-37(2)3;6-3-5-9(7,8)4-1-2-4;1-2/h7-8,10-11,16,19-20,24,27-28,31,33,35,40H,4-6,9,12-15,17-18,21-23H2,1-3H3;3-4H,1-2H2,(H,5,6);1-2H3. The summed E-state index contributed by atoms with van der Waals surface area (Å²) in [5.74, 6) is 2.91. The van der Waals surface area contributed by atoms with Gasteiger partial charge in [0, 0.05) is 37.1 Å². The minimum Gasteiger partial charge on any atom is -0.491 e. The number of carbonyl (C=O) groups is 2. The van der Waals surface area contributed by atoms with Gasteiger partial charge in [0.1, 0.15) is 12.0 Å². The van der Waals surface area contributed by atoms with Crippen molar-refractivity contribution < 1.29 is 32.6 Å². The number of nitrogens with one attached hydrogen (secondary N) is 1. The number of amides is 1. The van der Waals surface area contributed by atoms with Gasteiger partial charge in [0.05, 0.1) is 29.8 Å². The second-order valence-electron chi connectivity index (χ2n) is 15.0. The Kier molecular flexibility index (Phi) is 16.9. The molecule has 0 spiro atoms. The third kappa shape index (κ3) is 12.1. The lowest BCUT2D eigenvalue weighted by Crippen LogP contribution is -2.47. The first-order chi connectivity index (χ1) is 25.5. The fourth-order valence-electron chi connectivity index (χ4n) is 7.80. The van der Waals surface area contributed by atoms with Crippen molar-refractivity contribution in [2.75, 3.05) is 51.8 Å². The van der Waals surface area contributed by atoms with Gasteiger partial charge in [-0.25, -0.2) is 8.42 Å². The number of nitrogens with zero attached hydrogens (tertiary/aromatic N) is 2. The third-order valence-corrected chi connectivity index (χ3v) is 13.0. The van der Waals surface area contributed by atoms with E-state index < -0.39 is 16.1 Å². The van der Waals surface area contributed by atoms with Crippen molar-refractivity contribution in [3.63, 3.8) is 0 Å². The van der Waals surface area contributed by atoms with Crippen molar-refractivity contribution in [2.24, 2.45) is 17.8 Å². The highest BCUT2D eigenvalue weighted by Crippen LogP contribution is 2.45. The highest BCUT2D eigenvalue weighted by atomic mass is 35.5. The van der Waals surface area contributed by atoms with Crippen LogP contribution in [0.3, 0.4) is 0 Å². The maximum Gasteiger partial charge on any atom is 0.237 e. The number of aldehydes is 1. The van der Waals surface area contributed by atoms with Crippen LogP contribution in [0, 0.1) is 17.8 Å². The molecule has 6 atom stereocenters. The van der Waals surface area contributed by atoms with Gasteiger partial charge < -0.3 is 29.2 Å². The van der Waals surface area contributed by atoms with Gasteiger partial charge in [-0.2, -0.15) is 0 Å². The van der Waals surface area contributed by atoms with Crippen molar-refractivity contribution in [3.8, 4) is 5.75 Å². The molecule has 2 N–H and O–H groups in total. The van der Waals surface area contributed by atoms with E-state index in [1.54, 1.807) is 4.72 Å². The molecule has 296 valence electrons. The van der Waals surface area contributed by atoms with Crippen LogP contribution >= 0.6 is 11.6 Å². The normalized spacial score (nSPS) is 24.5. The first kappa shape index (κ1) is 43.0. The number of benzene rings is 2. The molecule has 2 aliphatic carbocycles. The molecule has 6 unspecified atom stereocenters. The number of carbonyl (C=O) groups excluding carboxylic acids is 2. The zero-order valence-corrected chi connectivity index (χ0v) is 33.9. The maximum atomic E-state index is 11.2. The van der Waals surface area contributed by atoms with Gasteiger partial charge in [-0.15, -0.1) is 0 Å². The first-order valence-corrected chi connectivity index (χ1v) is 21.6. The van der Waals surface area contributed by atoms with Crippen LogP contribution in [0.15, 0.2) is 36.4 Å². The smallest absolute Gasteiger partial charge is 0.237 e. The number of ether oxygens (including phenoxy) is 2. The lowest BCUT2D eigenvalue weighted by Gasteiger charge is -2.47. The van der Waals surface area contributed by atoms with Crippen LogP contribution in [0.1, 0.15) is 107 Å². The van der Waals surface area contributed by atoms with Gasteiger partial charge in [0.2, 0.25) is 16.4 Å². The predicted octanol–water partition coefficient (Wildman–Crippen LogP) is 6.92. The molecule has 4 aliphatic rings. The summed E-state index contributed by atoms with van der Waals surface area (Å²) in [6.07, 6.45) is 10.0. The molecule has 2 aliphatic heterocycles. The fraction of sp³-hybridized carbons (Fsp3) is 0.659. The number of anilines is 1. The number of aryl methyl sites for hydroxylation is 1. The molecule has 2 heterocycles. The van der Waals surface area contributed by atoms with Gasteiger partial charge in [-0.1, -0.05) is 50.9 Å². The summed E-state index contributed by atoms with van der Waals surface area (Å²) in [6, 6.07) is 12.2. The summed E-state index contributed by atoms with van der Waals surface area (Å²) in [5.41, 5.74) is 4.39. The van der Waals surface area contributed by atoms with Crippen LogP contribution in [-0.2, 0) is 30.8 Å². The number of fused-ring (bicyclic) bond motifs is 1. The zero-order valence-electron chi connectivity index (χ0n) is 32.3. The van der Waals surface area contributed by atoms with Crippen LogP contribution in [-0.4, -0.2) is 89.4 Å². The van der Waals surface area contributed by atoms with Crippen LogP contribution < -0.4 is 14.4 Å². The van der Waals surface area contributed by atoms with E-state index in [2.05, 4.69) is 43.0 Å². The Labute approximate surface area is 323 Å². The number of halogens is 1. The minimum atomic E-state index is -3.26. The van der Waals surface area contributed by atoms with E-state index in [1.165, 1.54) is 43.2 Å². The molecule has 2 aromatic rings. The van der Waals surface area contributed by atoms with E-state index in [0.29, 0.717) is 37.4 Å². The lowest BCUT2D eigenvalue weighted by atomic mass is 9.67. The third-order valence-electron chi connectivity index (χ3n) is 11.0. The number of rotatable bonds is 15. The van der Waals surface area contributed by atoms with Crippen LogP contribution in [0.2, 0.25) is 5.02 Å². The van der Waals surface area contributed by atoms with Crippen LogP contribution in [0.4, 0.5) is 5.69 Å². The van der Waals surface area contributed by atoms with Gasteiger partial charge in [0.15, 0.2) is 0 Å². The monoisotopic (exact) mass is 775 g/mol. The molecule has 2 saturated carbocycles. The average molecular weight is 776 g/mol. The number of hydrogen-bond donors (Lipinski definition) is 2. The number of sulfonamides is 1. The SMILES string of the molecule is CC.CCCc1cc(Cl)ccc1C1COc2ccc(C(O)CC=O)cc2N(CC2CCC2C2CC(CCN(C)C)CCO2)C1.O=CNS(=O)(=O)C1CC1. The minimum absolute atomic E-state index is 0.0894. The maximum absolute atomic E-state index is 11.2. The molecule has 53 heavy (non-hydrogen) atoms. The molecule has 2 aromatic carbocycles. The second kappa shape index (κ2) is 20.8. The van der Waals surface area contributed by atoms with E-state index in [4.69, 9.17) is 21.1 Å². The molecule has 10 nitrogen and oxygen atoms in total. The van der Waals surface area contributed by atoms with Crippen LogP contribution in [0.25, 0.3) is 0 Å². The fourth-order valence-corrected chi connectivity index (χ4v) is 9.08. The van der Waals surface area contributed by atoms with Gasteiger partial charge >= 0.3 is 0 Å². The Morgan fingerprint density at radius 2 is 1.85 bits per heavy atom. The van der Waals surface area contributed by atoms with E-state index in [1.807, 2.05) is 38.1 Å². The summed E-state index contributed by atoms with van der Waals surface area (Å²) in [7, 11) is 1.07. The highest BCUT2D eigenvalue weighted by molar-refractivity contribution is 7.90. The van der Waals surface area contributed by atoms with Gasteiger partial charge in [-0.3, -0.25) is 9.52 Å². The average Bonchev–Trinajstić information content (AvgIpc) is 4.00. The van der Waals surface area contributed by atoms with Gasteiger partial charge in [-0.05, 0) is 131 Å². The summed E-state index contributed by atoms with van der Waals surface area (Å²) >= 11 is 6.42. The topological polar surface area (TPSA) is 125 Å². The quantitative estimate of drug-likeness (QED) is 0.186.